The summed E-state index contributed by atoms with van der Waals surface area (Å²) in [5.41, 5.74) is 3.77. The molecule has 9 heteroatoms. The summed E-state index contributed by atoms with van der Waals surface area (Å²) in [4.78, 5) is 12.7. The number of alkyl halides is 2. The minimum absolute atomic E-state index is 0.238. The van der Waals surface area contributed by atoms with E-state index in [1.54, 1.807) is 42.2 Å². The Morgan fingerprint density at radius 3 is 2.84 bits per heavy atom. The predicted molar refractivity (Wildman–Crippen MR) is 109 cm³/mol. The third-order valence-electron chi connectivity index (χ3n) is 5.44. The lowest BCUT2D eigenvalue weighted by atomic mass is 10.0. The third kappa shape index (κ3) is 3.35. The number of ether oxygens (including phenoxy) is 1. The van der Waals surface area contributed by atoms with Crippen LogP contribution in [0.25, 0.3) is 16.6 Å². The summed E-state index contributed by atoms with van der Waals surface area (Å²) >= 11 is 0. The molecule has 6 nitrogen and oxygen atoms in total. The number of anilines is 1. The number of nitrogens with zero attached hydrogens (tertiary/aromatic N) is 4. The minimum atomic E-state index is -2.63. The SMILES string of the molecule is Cc1nc(C(F)F)ccc1-c1cnc(NCc2c(F)ccc3c2CCO3)n2cncc12. The average Bonchev–Trinajstić information content (AvgIpc) is 3.43. The Hall–Kier alpha value is -3.62. The van der Waals surface area contributed by atoms with Crippen LogP contribution in [-0.4, -0.2) is 26.0 Å². The van der Waals surface area contributed by atoms with Crippen LogP contribution in [0.2, 0.25) is 0 Å². The Kier molecular flexibility index (Phi) is 4.72. The molecule has 1 N–H and O–H groups in total. The number of aromatic nitrogens is 4. The number of hydrogen-bond donors (Lipinski definition) is 1. The van der Waals surface area contributed by atoms with Gasteiger partial charge in [0.15, 0.2) is 0 Å². The van der Waals surface area contributed by atoms with Crippen molar-refractivity contribution in [1.29, 1.82) is 0 Å². The molecular weight excluding hydrogens is 407 g/mol. The van der Waals surface area contributed by atoms with Crippen LogP contribution < -0.4 is 10.1 Å². The summed E-state index contributed by atoms with van der Waals surface area (Å²) in [6.07, 6.45) is 2.94. The zero-order valence-corrected chi connectivity index (χ0v) is 16.6. The molecule has 0 saturated carbocycles. The van der Waals surface area contributed by atoms with E-state index in [9.17, 15) is 13.2 Å². The maximum Gasteiger partial charge on any atom is 0.280 e. The fourth-order valence-electron chi connectivity index (χ4n) is 3.92. The van der Waals surface area contributed by atoms with Gasteiger partial charge in [-0.1, -0.05) is 6.07 Å². The summed E-state index contributed by atoms with van der Waals surface area (Å²) < 4.78 is 47.6. The van der Waals surface area contributed by atoms with E-state index < -0.39 is 6.43 Å². The van der Waals surface area contributed by atoms with Gasteiger partial charge in [-0.15, -0.1) is 0 Å². The van der Waals surface area contributed by atoms with Crippen LogP contribution in [0.4, 0.5) is 19.1 Å². The Bertz CT molecular complexity index is 1290. The molecule has 0 saturated heterocycles. The number of halogens is 3. The molecule has 4 heterocycles. The van der Waals surface area contributed by atoms with Gasteiger partial charge in [-0.3, -0.25) is 9.38 Å². The van der Waals surface area contributed by atoms with E-state index >= 15 is 0 Å². The Morgan fingerprint density at radius 1 is 1.16 bits per heavy atom. The molecule has 0 aliphatic carbocycles. The highest BCUT2D eigenvalue weighted by Crippen LogP contribution is 2.32. The number of fused-ring (bicyclic) bond motifs is 2. The lowest BCUT2D eigenvalue weighted by molar-refractivity contribution is 0.146. The van der Waals surface area contributed by atoms with E-state index in [2.05, 4.69) is 20.3 Å². The van der Waals surface area contributed by atoms with Crippen LogP contribution >= 0.6 is 0 Å². The van der Waals surface area contributed by atoms with Crippen molar-refractivity contribution < 1.29 is 17.9 Å². The molecule has 31 heavy (non-hydrogen) atoms. The zero-order valence-electron chi connectivity index (χ0n) is 16.6. The van der Waals surface area contributed by atoms with Crippen molar-refractivity contribution >= 4 is 11.5 Å². The van der Waals surface area contributed by atoms with E-state index in [0.29, 0.717) is 47.1 Å². The van der Waals surface area contributed by atoms with E-state index in [1.807, 2.05) is 0 Å². The number of pyridine rings is 1. The van der Waals surface area contributed by atoms with Crippen molar-refractivity contribution in [3.05, 3.63) is 71.3 Å². The van der Waals surface area contributed by atoms with Gasteiger partial charge in [0.25, 0.3) is 6.43 Å². The molecular formula is C22H18F3N5O. The number of imidazole rings is 1. The van der Waals surface area contributed by atoms with E-state index in [1.165, 1.54) is 12.1 Å². The normalized spacial score (nSPS) is 12.9. The first-order valence-electron chi connectivity index (χ1n) is 9.77. The van der Waals surface area contributed by atoms with Gasteiger partial charge < -0.3 is 10.1 Å². The van der Waals surface area contributed by atoms with Gasteiger partial charge >= 0.3 is 0 Å². The van der Waals surface area contributed by atoms with Crippen LogP contribution in [0.5, 0.6) is 5.75 Å². The molecule has 1 aromatic carbocycles. The molecule has 1 aliphatic rings. The number of benzene rings is 1. The van der Waals surface area contributed by atoms with Crippen LogP contribution in [0.15, 0.2) is 43.0 Å². The Labute approximate surface area is 175 Å². The molecule has 0 bridgehead atoms. The molecule has 0 atom stereocenters. The van der Waals surface area contributed by atoms with Gasteiger partial charge in [0.05, 0.1) is 18.3 Å². The lowest BCUT2D eigenvalue weighted by Crippen LogP contribution is -2.09. The van der Waals surface area contributed by atoms with Gasteiger partial charge in [0.1, 0.15) is 23.6 Å². The first-order chi connectivity index (χ1) is 15.0. The van der Waals surface area contributed by atoms with Crippen molar-refractivity contribution in [3.8, 4) is 16.9 Å². The molecule has 5 rings (SSSR count). The smallest absolute Gasteiger partial charge is 0.280 e. The largest absolute Gasteiger partial charge is 0.493 e. The van der Waals surface area contributed by atoms with E-state index in [4.69, 9.17) is 4.74 Å². The molecule has 0 unspecified atom stereocenters. The quantitative estimate of drug-likeness (QED) is 0.501. The molecule has 158 valence electrons. The van der Waals surface area contributed by atoms with Gasteiger partial charge in [-0.25, -0.2) is 23.1 Å². The first kappa shape index (κ1) is 19.3. The van der Waals surface area contributed by atoms with Gasteiger partial charge in [0.2, 0.25) is 5.95 Å². The summed E-state index contributed by atoms with van der Waals surface area (Å²) in [7, 11) is 0. The highest BCUT2D eigenvalue weighted by Gasteiger charge is 2.20. The van der Waals surface area contributed by atoms with E-state index in [0.717, 1.165) is 11.1 Å². The van der Waals surface area contributed by atoms with Crippen LogP contribution in [0.1, 0.15) is 28.9 Å². The molecule has 0 amide bonds. The first-order valence-corrected chi connectivity index (χ1v) is 9.77. The summed E-state index contributed by atoms with van der Waals surface area (Å²) in [5.74, 6) is 0.905. The summed E-state index contributed by atoms with van der Waals surface area (Å²) in [6, 6.07) is 5.98. The van der Waals surface area contributed by atoms with Gasteiger partial charge in [-0.2, -0.15) is 0 Å². The van der Waals surface area contributed by atoms with Crippen molar-refractivity contribution in [2.45, 2.75) is 26.3 Å². The fourth-order valence-corrected chi connectivity index (χ4v) is 3.92. The van der Waals surface area contributed by atoms with Crippen molar-refractivity contribution in [3.63, 3.8) is 0 Å². The van der Waals surface area contributed by atoms with Crippen LogP contribution in [0.3, 0.4) is 0 Å². The number of aryl methyl sites for hydroxylation is 1. The maximum absolute atomic E-state index is 14.4. The molecule has 1 aliphatic heterocycles. The topological polar surface area (TPSA) is 64.3 Å². The molecule has 0 radical (unpaired) electrons. The van der Waals surface area contributed by atoms with Gasteiger partial charge in [0, 0.05) is 47.1 Å². The highest BCUT2D eigenvalue weighted by molar-refractivity contribution is 5.81. The van der Waals surface area contributed by atoms with Gasteiger partial charge in [-0.05, 0) is 25.1 Å². The van der Waals surface area contributed by atoms with Crippen LogP contribution in [0, 0.1) is 12.7 Å². The predicted octanol–water partition coefficient (Wildman–Crippen LogP) is 4.72. The standard InChI is InChI=1S/C22H18F3N5O/c1-12-13(2-4-18(29-12)21(24)25)16-9-28-22(30-11-26-10-19(16)30)27-8-15-14-6-7-31-20(14)5-3-17(15)23/h2-5,9-11,21H,6-8H2,1H3,(H,27,28). The zero-order chi connectivity index (χ0) is 21.5. The Morgan fingerprint density at radius 2 is 2.03 bits per heavy atom. The average molecular weight is 425 g/mol. The van der Waals surface area contributed by atoms with E-state index in [-0.39, 0.29) is 18.1 Å². The van der Waals surface area contributed by atoms with Crippen LogP contribution in [-0.2, 0) is 13.0 Å². The second-order valence-corrected chi connectivity index (χ2v) is 7.27. The van der Waals surface area contributed by atoms with Crippen molar-refractivity contribution in [2.24, 2.45) is 0 Å². The Balaban J connectivity index is 1.49. The van der Waals surface area contributed by atoms with Crippen molar-refractivity contribution in [2.75, 3.05) is 11.9 Å². The number of nitrogens with one attached hydrogen (secondary N) is 1. The second-order valence-electron chi connectivity index (χ2n) is 7.27. The third-order valence-corrected chi connectivity index (χ3v) is 5.44. The fraction of sp³-hybridized carbons (Fsp3) is 0.227. The summed E-state index contributed by atoms with van der Waals surface area (Å²) in [6.45, 7) is 2.46. The van der Waals surface area contributed by atoms with Crippen molar-refractivity contribution in [1.82, 2.24) is 19.4 Å². The highest BCUT2D eigenvalue weighted by atomic mass is 19.3. The molecule has 0 spiro atoms. The monoisotopic (exact) mass is 425 g/mol. The summed E-state index contributed by atoms with van der Waals surface area (Å²) in [5, 5.41) is 3.18. The second kappa shape index (κ2) is 7.57. The maximum atomic E-state index is 14.4. The number of rotatable bonds is 5. The molecule has 4 aromatic rings. The number of hydrogen-bond acceptors (Lipinski definition) is 5. The minimum Gasteiger partial charge on any atom is -0.493 e. The molecule has 0 fully saturated rings. The lowest BCUT2D eigenvalue weighted by Gasteiger charge is -2.14. The molecule has 3 aromatic heterocycles.